The zero-order valence-corrected chi connectivity index (χ0v) is 17.0. The lowest BCUT2D eigenvalue weighted by molar-refractivity contribution is 0.0898. The van der Waals surface area contributed by atoms with Gasteiger partial charge in [-0.1, -0.05) is 16.8 Å². The van der Waals surface area contributed by atoms with Gasteiger partial charge in [0.15, 0.2) is 11.5 Å². The molecule has 0 fully saturated rings. The van der Waals surface area contributed by atoms with Crippen LogP contribution in [0.25, 0.3) is 11.4 Å². The SMILES string of the molecule is COc1ccc(-c2noc(C(=O)NCCNC(=O)c3ccc(Cl)cc3)n2)cc1OC. The van der Waals surface area contributed by atoms with Gasteiger partial charge in [-0.05, 0) is 42.5 Å². The number of aromatic nitrogens is 2. The number of carbonyl (C=O) groups excluding carboxylic acids is 2. The number of halogens is 1. The summed E-state index contributed by atoms with van der Waals surface area (Å²) in [6, 6.07) is 11.6. The maximum atomic E-state index is 12.2. The van der Waals surface area contributed by atoms with Gasteiger partial charge in [-0.25, -0.2) is 0 Å². The van der Waals surface area contributed by atoms with Gasteiger partial charge >= 0.3 is 11.8 Å². The molecule has 0 saturated carbocycles. The van der Waals surface area contributed by atoms with Crippen molar-refractivity contribution in [2.45, 2.75) is 0 Å². The van der Waals surface area contributed by atoms with Crippen molar-refractivity contribution >= 4 is 23.4 Å². The highest BCUT2D eigenvalue weighted by Gasteiger charge is 2.17. The molecule has 156 valence electrons. The molecule has 9 nitrogen and oxygen atoms in total. The first-order chi connectivity index (χ1) is 14.5. The van der Waals surface area contributed by atoms with Crippen molar-refractivity contribution in [3.8, 4) is 22.9 Å². The Morgan fingerprint density at radius 3 is 2.30 bits per heavy atom. The second kappa shape index (κ2) is 9.75. The molecule has 2 amide bonds. The van der Waals surface area contributed by atoms with Gasteiger partial charge in [0, 0.05) is 29.2 Å². The van der Waals surface area contributed by atoms with E-state index in [0.29, 0.717) is 27.6 Å². The Morgan fingerprint density at radius 2 is 1.63 bits per heavy atom. The van der Waals surface area contributed by atoms with Crippen LogP contribution in [0.5, 0.6) is 11.5 Å². The second-order valence-electron chi connectivity index (χ2n) is 6.01. The maximum absolute atomic E-state index is 12.2. The third-order valence-electron chi connectivity index (χ3n) is 4.06. The summed E-state index contributed by atoms with van der Waals surface area (Å²) in [6.07, 6.45) is 0. The predicted molar refractivity (Wildman–Crippen MR) is 109 cm³/mol. The van der Waals surface area contributed by atoms with E-state index in [2.05, 4.69) is 20.8 Å². The van der Waals surface area contributed by atoms with Crippen molar-refractivity contribution < 1.29 is 23.6 Å². The van der Waals surface area contributed by atoms with Crippen molar-refractivity contribution in [1.29, 1.82) is 0 Å². The van der Waals surface area contributed by atoms with E-state index in [-0.39, 0.29) is 30.7 Å². The molecule has 3 rings (SSSR count). The Bertz CT molecular complexity index is 1040. The highest BCUT2D eigenvalue weighted by molar-refractivity contribution is 6.30. The normalized spacial score (nSPS) is 10.4. The first-order valence-electron chi connectivity index (χ1n) is 8.90. The van der Waals surface area contributed by atoms with E-state index in [9.17, 15) is 9.59 Å². The monoisotopic (exact) mass is 430 g/mol. The maximum Gasteiger partial charge on any atom is 0.316 e. The minimum absolute atomic E-state index is 0.187. The molecule has 3 aromatic rings. The summed E-state index contributed by atoms with van der Waals surface area (Å²) in [5.41, 5.74) is 1.08. The quantitative estimate of drug-likeness (QED) is 0.527. The summed E-state index contributed by atoms with van der Waals surface area (Å²) in [5, 5.41) is 9.66. The van der Waals surface area contributed by atoms with Crippen LogP contribution in [-0.2, 0) is 0 Å². The molecule has 0 unspecified atom stereocenters. The highest BCUT2D eigenvalue weighted by Crippen LogP contribution is 2.31. The summed E-state index contributed by atoms with van der Waals surface area (Å²) >= 11 is 5.79. The number of hydrogen-bond acceptors (Lipinski definition) is 7. The Hall–Kier alpha value is -3.59. The fourth-order valence-electron chi connectivity index (χ4n) is 2.54. The molecule has 30 heavy (non-hydrogen) atoms. The van der Waals surface area contributed by atoms with Gasteiger partial charge in [-0.2, -0.15) is 4.98 Å². The van der Waals surface area contributed by atoms with E-state index in [4.69, 9.17) is 25.6 Å². The Balaban J connectivity index is 1.53. The number of carbonyl (C=O) groups is 2. The molecule has 2 N–H and O–H groups in total. The molecule has 0 aliphatic carbocycles. The van der Waals surface area contributed by atoms with Crippen LogP contribution in [0.1, 0.15) is 21.0 Å². The van der Waals surface area contributed by atoms with E-state index in [1.54, 1.807) is 42.5 Å². The molecule has 0 aliphatic rings. The smallest absolute Gasteiger partial charge is 0.316 e. The zero-order chi connectivity index (χ0) is 21.5. The largest absolute Gasteiger partial charge is 0.493 e. The number of nitrogens with zero attached hydrogens (tertiary/aromatic N) is 2. The number of ether oxygens (including phenoxy) is 2. The fourth-order valence-corrected chi connectivity index (χ4v) is 2.67. The molecule has 0 saturated heterocycles. The van der Waals surface area contributed by atoms with Crippen molar-refractivity contribution in [3.05, 3.63) is 58.9 Å². The molecule has 0 atom stereocenters. The van der Waals surface area contributed by atoms with Gasteiger partial charge in [0.25, 0.3) is 5.91 Å². The number of hydrogen-bond donors (Lipinski definition) is 2. The van der Waals surface area contributed by atoms with Crippen molar-refractivity contribution in [2.24, 2.45) is 0 Å². The van der Waals surface area contributed by atoms with Gasteiger partial charge in [0.05, 0.1) is 14.2 Å². The minimum Gasteiger partial charge on any atom is -0.493 e. The first kappa shape index (κ1) is 21.1. The van der Waals surface area contributed by atoms with Crippen LogP contribution >= 0.6 is 11.6 Å². The number of benzene rings is 2. The van der Waals surface area contributed by atoms with E-state index in [1.807, 2.05) is 0 Å². The number of amides is 2. The van der Waals surface area contributed by atoms with E-state index in [1.165, 1.54) is 14.2 Å². The average Bonchev–Trinajstić information content (AvgIpc) is 3.27. The molecule has 1 heterocycles. The average molecular weight is 431 g/mol. The minimum atomic E-state index is -0.546. The van der Waals surface area contributed by atoms with Crippen molar-refractivity contribution in [1.82, 2.24) is 20.8 Å². The van der Waals surface area contributed by atoms with Crippen LogP contribution < -0.4 is 20.1 Å². The van der Waals surface area contributed by atoms with Gasteiger partial charge in [0.2, 0.25) is 5.82 Å². The number of rotatable bonds is 8. The molecular weight excluding hydrogens is 412 g/mol. The van der Waals surface area contributed by atoms with Crippen LogP contribution in [-0.4, -0.2) is 49.3 Å². The lowest BCUT2D eigenvalue weighted by Crippen LogP contribution is -2.34. The summed E-state index contributed by atoms with van der Waals surface area (Å²) in [4.78, 5) is 28.3. The summed E-state index contributed by atoms with van der Waals surface area (Å²) in [5.74, 6) is 0.288. The molecule has 2 aromatic carbocycles. The molecule has 1 aromatic heterocycles. The second-order valence-corrected chi connectivity index (χ2v) is 6.45. The van der Waals surface area contributed by atoms with Crippen LogP contribution in [0, 0.1) is 0 Å². The van der Waals surface area contributed by atoms with Crippen LogP contribution in [0.2, 0.25) is 5.02 Å². The molecule has 10 heteroatoms. The van der Waals surface area contributed by atoms with Gasteiger partial charge < -0.3 is 24.6 Å². The topological polar surface area (TPSA) is 116 Å². The zero-order valence-electron chi connectivity index (χ0n) is 16.3. The highest BCUT2D eigenvalue weighted by atomic mass is 35.5. The summed E-state index contributed by atoms with van der Waals surface area (Å²) in [6.45, 7) is 0.413. The van der Waals surface area contributed by atoms with E-state index >= 15 is 0 Å². The molecule has 0 bridgehead atoms. The summed E-state index contributed by atoms with van der Waals surface area (Å²) < 4.78 is 15.5. The number of nitrogens with one attached hydrogen (secondary N) is 2. The van der Waals surface area contributed by atoms with Crippen molar-refractivity contribution in [3.63, 3.8) is 0 Å². The molecule has 0 spiro atoms. The Labute approximate surface area is 177 Å². The van der Waals surface area contributed by atoms with Gasteiger partial charge in [-0.15, -0.1) is 0 Å². The third-order valence-corrected chi connectivity index (χ3v) is 4.32. The van der Waals surface area contributed by atoms with E-state index < -0.39 is 5.91 Å². The van der Waals surface area contributed by atoms with Crippen LogP contribution in [0.4, 0.5) is 0 Å². The third kappa shape index (κ3) is 5.06. The van der Waals surface area contributed by atoms with Crippen molar-refractivity contribution in [2.75, 3.05) is 27.3 Å². The summed E-state index contributed by atoms with van der Waals surface area (Å²) in [7, 11) is 3.05. The fraction of sp³-hybridized carbons (Fsp3) is 0.200. The van der Waals surface area contributed by atoms with Gasteiger partial charge in [0.1, 0.15) is 0 Å². The first-order valence-corrected chi connectivity index (χ1v) is 9.27. The van der Waals surface area contributed by atoms with Crippen LogP contribution in [0.3, 0.4) is 0 Å². The van der Waals surface area contributed by atoms with Gasteiger partial charge in [-0.3, -0.25) is 9.59 Å². The Morgan fingerprint density at radius 1 is 0.967 bits per heavy atom. The standard InChI is InChI=1S/C20H19ClN4O5/c1-28-15-8-5-13(11-16(15)29-2)17-24-20(30-25-17)19(27)23-10-9-22-18(26)12-3-6-14(21)7-4-12/h3-8,11H,9-10H2,1-2H3,(H,22,26)(H,23,27). The molecule has 0 aliphatic heterocycles. The Kier molecular flexibility index (Phi) is 6.87. The lowest BCUT2D eigenvalue weighted by Gasteiger charge is -2.07. The number of methoxy groups -OCH3 is 2. The lowest BCUT2D eigenvalue weighted by atomic mass is 10.2. The molecular formula is C20H19ClN4O5. The van der Waals surface area contributed by atoms with E-state index in [0.717, 1.165) is 0 Å². The molecule has 0 radical (unpaired) electrons. The predicted octanol–water partition coefficient (Wildman–Crippen LogP) is 2.57. The van der Waals surface area contributed by atoms with Crippen LogP contribution in [0.15, 0.2) is 47.0 Å².